The largest absolute Gasteiger partial charge is 0.423 e. The Labute approximate surface area is 284 Å². The Balaban J connectivity index is 1.91. The Morgan fingerprint density at radius 3 is 2.08 bits per heavy atom. The third kappa shape index (κ3) is 9.74. The van der Waals surface area contributed by atoms with E-state index in [2.05, 4.69) is 20.1 Å². The average Bonchev–Trinajstić information content (AvgIpc) is 3.06. The number of aryl methyl sites for hydroxylation is 1. The molecule has 1 aliphatic carbocycles. The molecule has 48 heavy (non-hydrogen) atoms. The predicted octanol–water partition coefficient (Wildman–Crippen LogP) is 9.05. The number of unbranched alkanes of at least 4 members (excludes halogenated alkanes) is 2. The zero-order chi connectivity index (χ0) is 34.8. The van der Waals surface area contributed by atoms with Crippen LogP contribution in [0, 0.1) is 11.7 Å². The van der Waals surface area contributed by atoms with E-state index in [0.717, 1.165) is 48.8 Å². The fourth-order valence-corrected chi connectivity index (χ4v) is 6.29. The van der Waals surface area contributed by atoms with Gasteiger partial charge in [-0.25, -0.2) is 14.0 Å². The minimum Gasteiger partial charge on any atom is -0.423 e. The lowest BCUT2D eigenvalue weighted by Crippen LogP contribution is -2.11. The van der Waals surface area contributed by atoms with Crippen molar-refractivity contribution in [2.24, 2.45) is 5.92 Å². The van der Waals surface area contributed by atoms with Crippen molar-refractivity contribution in [3.8, 4) is 33.8 Å². The van der Waals surface area contributed by atoms with E-state index in [4.69, 9.17) is 9.47 Å². The number of ether oxygens (including phenoxy) is 2. The van der Waals surface area contributed by atoms with E-state index >= 15 is 4.39 Å². The SMILES string of the molecule is C=C(C)C(=O)Oc1cc(CCCO)cc(-c2cc(-c3ccc(C4CCC(C)CC4)cc3F)cc(OC(=O)C(=C)C)c2CCCCCO)c1. The zero-order valence-corrected chi connectivity index (χ0v) is 28.6. The normalized spacial score (nSPS) is 16.0. The molecule has 6 nitrogen and oxygen atoms in total. The summed E-state index contributed by atoms with van der Waals surface area (Å²) in [5, 5.41) is 18.9. The molecule has 0 radical (unpaired) electrons. The molecule has 0 saturated heterocycles. The monoisotopic (exact) mass is 656 g/mol. The molecule has 4 rings (SSSR count). The van der Waals surface area contributed by atoms with Gasteiger partial charge in [-0.1, -0.05) is 57.5 Å². The van der Waals surface area contributed by atoms with Crippen LogP contribution in [0.25, 0.3) is 22.3 Å². The zero-order valence-electron chi connectivity index (χ0n) is 28.6. The van der Waals surface area contributed by atoms with Gasteiger partial charge in [0.25, 0.3) is 0 Å². The fourth-order valence-electron chi connectivity index (χ4n) is 6.29. The predicted molar refractivity (Wildman–Crippen MR) is 189 cm³/mol. The standard InChI is InChI=1S/C41H49FO6/c1-26(2)40(45)47-34-21-29(10-9-19-44)20-32(22-34)37-23-33(25-39(48-41(46)27(3)4)36(37)11-7-6-8-18-43)35-17-16-31(24-38(35)42)30-14-12-28(5)13-15-30/h16-17,20-25,28,30,43-44H,1,3,6-15,18-19H2,2,4-5H3. The lowest BCUT2D eigenvalue weighted by Gasteiger charge is -2.26. The van der Waals surface area contributed by atoms with Crippen molar-refractivity contribution in [2.45, 2.75) is 90.9 Å². The molecule has 7 heteroatoms. The van der Waals surface area contributed by atoms with E-state index in [-0.39, 0.29) is 30.2 Å². The lowest BCUT2D eigenvalue weighted by atomic mass is 9.79. The number of aliphatic hydroxyl groups is 2. The van der Waals surface area contributed by atoms with Crippen LogP contribution in [0.3, 0.4) is 0 Å². The molecule has 0 aromatic heterocycles. The molecule has 3 aromatic rings. The number of hydrogen-bond donors (Lipinski definition) is 2. The Morgan fingerprint density at radius 1 is 0.771 bits per heavy atom. The molecular formula is C41H49FO6. The summed E-state index contributed by atoms with van der Waals surface area (Å²) in [6.07, 6.45) is 7.98. The van der Waals surface area contributed by atoms with Crippen LogP contribution >= 0.6 is 0 Å². The average molecular weight is 657 g/mol. The minimum atomic E-state index is -0.593. The van der Waals surface area contributed by atoms with Gasteiger partial charge in [-0.15, -0.1) is 0 Å². The van der Waals surface area contributed by atoms with Gasteiger partial charge in [-0.2, -0.15) is 0 Å². The number of carbonyl (C=O) groups excluding carboxylic acids is 2. The Kier molecular flexibility index (Phi) is 13.3. The molecule has 0 aliphatic heterocycles. The number of halogens is 1. The van der Waals surface area contributed by atoms with E-state index in [0.29, 0.717) is 77.7 Å². The van der Waals surface area contributed by atoms with Crippen LogP contribution in [0.15, 0.2) is 72.8 Å². The molecular weight excluding hydrogens is 607 g/mol. The van der Waals surface area contributed by atoms with Gasteiger partial charge in [-0.05, 0) is 129 Å². The molecule has 0 amide bonds. The molecule has 0 atom stereocenters. The first-order chi connectivity index (χ1) is 23.0. The second-order valence-electron chi connectivity index (χ2n) is 13.3. The van der Waals surface area contributed by atoms with Gasteiger partial charge in [0, 0.05) is 35.5 Å². The third-order valence-electron chi connectivity index (χ3n) is 9.10. The van der Waals surface area contributed by atoms with Crippen molar-refractivity contribution in [1.82, 2.24) is 0 Å². The Bertz CT molecular complexity index is 1630. The summed E-state index contributed by atoms with van der Waals surface area (Å²) >= 11 is 0. The fraction of sp³-hybridized carbons (Fsp3) is 0.415. The molecule has 1 aliphatic rings. The number of aliphatic hydroxyl groups excluding tert-OH is 2. The first kappa shape index (κ1) is 36.8. The van der Waals surface area contributed by atoms with Crippen molar-refractivity contribution in [1.29, 1.82) is 0 Å². The van der Waals surface area contributed by atoms with Crippen molar-refractivity contribution >= 4 is 11.9 Å². The second kappa shape index (κ2) is 17.4. The van der Waals surface area contributed by atoms with Gasteiger partial charge in [0.1, 0.15) is 17.3 Å². The Morgan fingerprint density at radius 2 is 1.44 bits per heavy atom. The van der Waals surface area contributed by atoms with E-state index in [1.54, 1.807) is 38.1 Å². The maximum Gasteiger partial charge on any atom is 0.338 e. The maximum absolute atomic E-state index is 16.1. The summed E-state index contributed by atoms with van der Waals surface area (Å²) < 4.78 is 27.7. The third-order valence-corrected chi connectivity index (χ3v) is 9.10. The minimum absolute atomic E-state index is 0.00708. The summed E-state index contributed by atoms with van der Waals surface area (Å²) in [6.45, 7) is 12.9. The molecule has 0 spiro atoms. The van der Waals surface area contributed by atoms with Crippen LogP contribution in [0.2, 0.25) is 0 Å². The number of esters is 2. The quantitative estimate of drug-likeness (QED) is 0.0734. The van der Waals surface area contributed by atoms with E-state index in [9.17, 15) is 19.8 Å². The van der Waals surface area contributed by atoms with Crippen LogP contribution < -0.4 is 9.47 Å². The number of hydrogen-bond acceptors (Lipinski definition) is 6. The molecule has 256 valence electrons. The number of rotatable bonds is 15. The van der Waals surface area contributed by atoms with Crippen LogP contribution in [0.4, 0.5) is 4.39 Å². The number of carbonyl (C=O) groups is 2. The summed E-state index contributed by atoms with van der Waals surface area (Å²) in [5.41, 5.74) is 5.35. The van der Waals surface area contributed by atoms with Gasteiger partial charge in [0.2, 0.25) is 0 Å². The summed E-state index contributed by atoms with van der Waals surface area (Å²) in [5.74, 6) is 0.119. The summed E-state index contributed by atoms with van der Waals surface area (Å²) in [6, 6.07) is 14.5. The Hall–Kier alpha value is -4.07. The van der Waals surface area contributed by atoms with Crippen molar-refractivity contribution in [2.75, 3.05) is 13.2 Å². The first-order valence-corrected chi connectivity index (χ1v) is 17.1. The molecule has 0 bridgehead atoms. The first-order valence-electron chi connectivity index (χ1n) is 17.1. The summed E-state index contributed by atoms with van der Waals surface area (Å²) in [4.78, 5) is 25.5. The van der Waals surface area contributed by atoms with E-state index in [1.165, 1.54) is 0 Å². The van der Waals surface area contributed by atoms with Crippen molar-refractivity contribution < 1.29 is 33.7 Å². The maximum atomic E-state index is 16.1. The molecule has 1 saturated carbocycles. The highest BCUT2D eigenvalue weighted by molar-refractivity contribution is 5.91. The highest BCUT2D eigenvalue weighted by atomic mass is 19.1. The van der Waals surface area contributed by atoms with Gasteiger partial charge >= 0.3 is 11.9 Å². The van der Waals surface area contributed by atoms with Crippen LogP contribution in [-0.2, 0) is 22.4 Å². The lowest BCUT2D eigenvalue weighted by molar-refractivity contribution is -0.131. The second-order valence-corrected chi connectivity index (χ2v) is 13.3. The molecule has 3 aromatic carbocycles. The summed E-state index contributed by atoms with van der Waals surface area (Å²) in [7, 11) is 0. The van der Waals surface area contributed by atoms with Crippen LogP contribution in [0.5, 0.6) is 11.5 Å². The number of benzene rings is 3. The molecule has 0 unspecified atom stereocenters. The van der Waals surface area contributed by atoms with Gasteiger partial charge in [-0.3, -0.25) is 0 Å². The topological polar surface area (TPSA) is 93.1 Å². The molecule has 1 fully saturated rings. The van der Waals surface area contributed by atoms with Crippen LogP contribution in [0.1, 0.15) is 94.7 Å². The van der Waals surface area contributed by atoms with Crippen LogP contribution in [-0.4, -0.2) is 35.4 Å². The van der Waals surface area contributed by atoms with E-state index in [1.807, 2.05) is 24.3 Å². The molecule has 0 heterocycles. The van der Waals surface area contributed by atoms with Gasteiger partial charge in [0.15, 0.2) is 0 Å². The smallest absolute Gasteiger partial charge is 0.338 e. The van der Waals surface area contributed by atoms with Crippen molar-refractivity contribution in [3.05, 3.63) is 95.3 Å². The highest BCUT2D eigenvalue weighted by Gasteiger charge is 2.23. The highest BCUT2D eigenvalue weighted by Crippen LogP contribution is 2.42. The van der Waals surface area contributed by atoms with Gasteiger partial charge in [0.05, 0.1) is 0 Å². The van der Waals surface area contributed by atoms with Crippen molar-refractivity contribution in [3.63, 3.8) is 0 Å². The van der Waals surface area contributed by atoms with E-state index < -0.39 is 11.9 Å². The van der Waals surface area contributed by atoms with Gasteiger partial charge < -0.3 is 19.7 Å². The molecule has 2 N–H and O–H groups in total.